The fraction of sp³-hybridized carbons (Fsp3) is 0.893. The zero-order valence-corrected chi connectivity index (χ0v) is 44.3. The summed E-state index contributed by atoms with van der Waals surface area (Å²) in [4.78, 5) is 34.7. The Morgan fingerprint density at radius 3 is 1.15 bits per heavy atom. The second kappa shape index (κ2) is 52.9. The number of phosphoric acid groups is 1. The molecule has 0 rings (SSSR count). The molecule has 0 aromatic heterocycles. The maximum Gasteiger partial charge on any atom is 0.472 e. The second-order valence-electron chi connectivity index (χ2n) is 19.2. The van der Waals surface area contributed by atoms with Crippen LogP contribution in [0, 0.1) is 0 Å². The van der Waals surface area contributed by atoms with Crippen molar-refractivity contribution >= 4 is 19.8 Å². The van der Waals surface area contributed by atoms with Crippen LogP contribution in [-0.2, 0) is 32.7 Å². The molecule has 390 valence electrons. The number of nitrogens with two attached hydrogens (primary N) is 1. The number of rotatable bonds is 54. The molecule has 66 heavy (non-hydrogen) atoms. The molecule has 0 amide bonds. The van der Waals surface area contributed by atoms with E-state index in [0.717, 1.165) is 44.9 Å². The molecule has 0 bridgehead atoms. The summed E-state index contributed by atoms with van der Waals surface area (Å²) >= 11 is 0. The Kier molecular flexibility index (Phi) is 51.6. The van der Waals surface area contributed by atoms with E-state index in [0.29, 0.717) is 6.42 Å². The van der Waals surface area contributed by atoms with Gasteiger partial charge in [-0.3, -0.25) is 18.6 Å². The predicted octanol–water partition coefficient (Wildman–Crippen LogP) is 17.5. The molecule has 0 aliphatic rings. The Hall–Kier alpha value is -1.51. The number of unbranched alkanes of at least 4 members (excludes halogenated alkanes) is 37. The van der Waals surface area contributed by atoms with Crippen LogP contribution in [0.4, 0.5) is 0 Å². The van der Waals surface area contributed by atoms with Gasteiger partial charge in [0.15, 0.2) is 6.10 Å². The fourth-order valence-electron chi connectivity index (χ4n) is 8.37. The number of phosphoric ester groups is 1. The minimum atomic E-state index is -4.37. The summed E-state index contributed by atoms with van der Waals surface area (Å²) in [5, 5.41) is 0. The second-order valence-corrected chi connectivity index (χ2v) is 20.6. The van der Waals surface area contributed by atoms with Crippen LogP contribution in [0.5, 0.6) is 0 Å². The van der Waals surface area contributed by atoms with Gasteiger partial charge in [0.05, 0.1) is 13.2 Å². The van der Waals surface area contributed by atoms with Gasteiger partial charge >= 0.3 is 19.8 Å². The van der Waals surface area contributed by atoms with E-state index in [1.54, 1.807) is 0 Å². The summed E-state index contributed by atoms with van der Waals surface area (Å²) in [7, 11) is -4.37. The lowest BCUT2D eigenvalue weighted by Gasteiger charge is -2.19. The van der Waals surface area contributed by atoms with Gasteiger partial charge in [-0.1, -0.05) is 256 Å². The van der Waals surface area contributed by atoms with Crippen LogP contribution in [0.1, 0.15) is 290 Å². The third-order valence-corrected chi connectivity index (χ3v) is 13.6. The van der Waals surface area contributed by atoms with Crippen molar-refractivity contribution in [3.05, 3.63) is 24.3 Å². The molecule has 0 fully saturated rings. The topological polar surface area (TPSA) is 134 Å². The number of carbonyl (C=O) groups is 2. The van der Waals surface area contributed by atoms with Gasteiger partial charge in [0.1, 0.15) is 6.61 Å². The molecule has 0 aliphatic carbocycles. The Morgan fingerprint density at radius 1 is 0.455 bits per heavy atom. The van der Waals surface area contributed by atoms with Crippen molar-refractivity contribution in [1.82, 2.24) is 0 Å². The first-order valence-electron chi connectivity index (χ1n) is 28.3. The van der Waals surface area contributed by atoms with E-state index in [1.807, 2.05) is 0 Å². The standard InChI is InChI=1S/C56H108NO8P/c1-3-5-7-9-11-12-13-14-15-16-17-18-19-20-21-22-23-24-25-26-27-28-29-30-31-32-33-34-35-36-37-38-39-40-41-42-43-45-47-49-56(59)65-54(53-64-66(60,61)63-51-50-57)52-62-55(58)48-46-44-10-8-6-4-2/h13-14,16-17,54H,3-12,15,18-53,57H2,1-2H3,(H,60,61)/b14-13-,17-16-. The molecule has 0 aliphatic heterocycles. The van der Waals surface area contributed by atoms with Gasteiger partial charge in [-0.2, -0.15) is 0 Å². The largest absolute Gasteiger partial charge is 0.472 e. The number of hydrogen-bond donors (Lipinski definition) is 2. The SMILES string of the molecule is CCCCCCC/C=C\C/C=C\CCCCCCCCCCCCCCCCCCCCCCCCCCCCCC(=O)OC(COC(=O)CCCCCCCC)COP(=O)(O)OCCN. The minimum absolute atomic E-state index is 0.0565. The number of carbonyl (C=O) groups excluding carboxylic acids is 2. The van der Waals surface area contributed by atoms with Crippen molar-refractivity contribution in [2.75, 3.05) is 26.4 Å². The van der Waals surface area contributed by atoms with Gasteiger partial charge < -0.3 is 20.1 Å². The molecule has 0 aromatic carbocycles. The van der Waals surface area contributed by atoms with Crippen molar-refractivity contribution < 1.29 is 37.6 Å². The molecule has 0 spiro atoms. The van der Waals surface area contributed by atoms with Gasteiger partial charge in [0.2, 0.25) is 0 Å². The van der Waals surface area contributed by atoms with Crippen LogP contribution in [0.15, 0.2) is 24.3 Å². The van der Waals surface area contributed by atoms with E-state index in [4.69, 9.17) is 24.3 Å². The Morgan fingerprint density at radius 2 is 0.788 bits per heavy atom. The molecule has 0 radical (unpaired) electrons. The molecular weight excluding hydrogens is 846 g/mol. The first-order valence-corrected chi connectivity index (χ1v) is 29.8. The molecule has 0 saturated carbocycles. The number of esters is 2. The highest BCUT2D eigenvalue weighted by atomic mass is 31.2. The summed E-state index contributed by atoms with van der Waals surface area (Å²) < 4.78 is 32.7. The van der Waals surface area contributed by atoms with E-state index < -0.39 is 26.5 Å². The molecule has 2 atom stereocenters. The Balaban J connectivity index is 3.61. The highest BCUT2D eigenvalue weighted by Crippen LogP contribution is 2.43. The van der Waals surface area contributed by atoms with E-state index in [2.05, 4.69) is 38.2 Å². The van der Waals surface area contributed by atoms with Gasteiger partial charge in [0.25, 0.3) is 0 Å². The highest BCUT2D eigenvalue weighted by Gasteiger charge is 2.26. The molecular formula is C56H108NO8P. The third kappa shape index (κ3) is 51.9. The fourth-order valence-corrected chi connectivity index (χ4v) is 9.14. The maximum absolute atomic E-state index is 12.6. The average molecular weight is 954 g/mol. The lowest BCUT2D eigenvalue weighted by atomic mass is 10.0. The quantitative estimate of drug-likeness (QED) is 0.0264. The molecule has 0 aromatic rings. The number of hydrogen-bond acceptors (Lipinski definition) is 8. The van der Waals surface area contributed by atoms with E-state index in [9.17, 15) is 19.0 Å². The minimum Gasteiger partial charge on any atom is -0.462 e. The number of ether oxygens (including phenoxy) is 2. The van der Waals surface area contributed by atoms with Gasteiger partial charge in [-0.05, 0) is 44.9 Å². The average Bonchev–Trinajstić information content (AvgIpc) is 3.31. The van der Waals surface area contributed by atoms with Crippen LogP contribution in [0.2, 0.25) is 0 Å². The Bertz CT molecular complexity index is 1130. The van der Waals surface area contributed by atoms with Gasteiger partial charge in [-0.25, -0.2) is 4.57 Å². The summed E-state index contributed by atoms with van der Waals surface area (Å²) in [6, 6.07) is 0. The van der Waals surface area contributed by atoms with E-state index in [1.165, 1.54) is 212 Å². The molecule has 3 N–H and O–H groups in total. The maximum atomic E-state index is 12.6. The van der Waals surface area contributed by atoms with Gasteiger partial charge in [-0.15, -0.1) is 0 Å². The first-order chi connectivity index (χ1) is 32.3. The van der Waals surface area contributed by atoms with Crippen molar-refractivity contribution in [3.63, 3.8) is 0 Å². The van der Waals surface area contributed by atoms with Crippen molar-refractivity contribution in [1.29, 1.82) is 0 Å². The molecule has 10 heteroatoms. The van der Waals surface area contributed by atoms with Crippen LogP contribution in [0.3, 0.4) is 0 Å². The highest BCUT2D eigenvalue weighted by molar-refractivity contribution is 7.47. The van der Waals surface area contributed by atoms with Crippen molar-refractivity contribution in [2.45, 2.75) is 296 Å². The smallest absolute Gasteiger partial charge is 0.462 e. The summed E-state index contributed by atoms with van der Waals surface area (Å²) in [6.07, 6.45) is 61.7. The van der Waals surface area contributed by atoms with E-state index >= 15 is 0 Å². The summed E-state index contributed by atoms with van der Waals surface area (Å²) in [6.45, 7) is 3.69. The lowest BCUT2D eigenvalue weighted by Crippen LogP contribution is -2.29. The van der Waals surface area contributed by atoms with Gasteiger partial charge in [0, 0.05) is 19.4 Å². The molecule has 2 unspecified atom stereocenters. The van der Waals surface area contributed by atoms with E-state index in [-0.39, 0.29) is 38.6 Å². The lowest BCUT2D eigenvalue weighted by molar-refractivity contribution is -0.161. The van der Waals surface area contributed by atoms with Crippen LogP contribution < -0.4 is 5.73 Å². The van der Waals surface area contributed by atoms with Crippen LogP contribution in [0.25, 0.3) is 0 Å². The molecule has 0 heterocycles. The van der Waals surface area contributed by atoms with Crippen LogP contribution >= 0.6 is 7.82 Å². The summed E-state index contributed by atoms with van der Waals surface area (Å²) in [5.74, 6) is -0.825. The first kappa shape index (κ1) is 64.5. The van der Waals surface area contributed by atoms with Crippen molar-refractivity contribution in [3.8, 4) is 0 Å². The Labute approximate surface area is 408 Å². The van der Waals surface area contributed by atoms with Crippen molar-refractivity contribution in [2.24, 2.45) is 5.73 Å². The zero-order chi connectivity index (χ0) is 48.1. The zero-order valence-electron chi connectivity index (χ0n) is 43.5. The van der Waals surface area contributed by atoms with Crippen LogP contribution in [-0.4, -0.2) is 49.3 Å². The summed E-state index contributed by atoms with van der Waals surface area (Å²) in [5.41, 5.74) is 5.34. The normalized spacial score (nSPS) is 13.2. The number of allylic oxidation sites excluding steroid dienone is 4. The third-order valence-electron chi connectivity index (χ3n) is 12.6. The predicted molar refractivity (Wildman–Crippen MR) is 280 cm³/mol. The monoisotopic (exact) mass is 954 g/mol. The molecule has 9 nitrogen and oxygen atoms in total. The molecule has 0 saturated heterocycles.